The summed E-state index contributed by atoms with van der Waals surface area (Å²) in [5, 5.41) is 0. The van der Waals surface area contributed by atoms with Crippen molar-refractivity contribution in [1.29, 1.82) is 0 Å². The predicted octanol–water partition coefficient (Wildman–Crippen LogP) is 22.4. The summed E-state index contributed by atoms with van der Waals surface area (Å²) in [6.45, 7) is 6.37. The molecule has 0 saturated heterocycles. The number of esters is 3. The Hall–Kier alpha value is -4.19. The molecule has 0 fully saturated rings. The Balaban J connectivity index is 4.08. The van der Waals surface area contributed by atoms with Gasteiger partial charge in [0.05, 0.1) is 0 Å². The lowest BCUT2D eigenvalue weighted by molar-refractivity contribution is -0.167. The van der Waals surface area contributed by atoms with E-state index in [1.165, 1.54) is 122 Å². The molecule has 0 aromatic rings. The number of hydrogen-bond acceptors (Lipinski definition) is 6. The predicted molar refractivity (Wildman–Crippen MR) is 339 cm³/mol. The first-order valence-corrected chi connectivity index (χ1v) is 32.5. The maximum Gasteiger partial charge on any atom is 0.306 e. The van der Waals surface area contributed by atoms with Gasteiger partial charge in [0.15, 0.2) is 6.10 Å². The van der Waals surface area contributed by atoms with Gasteiger partial charge in [-0.15, -0.1) is 0 Å². The van der Waals surface area contributed by atoms with Crippen LogP contribution in [0, 0.1) is 0 Å². The molecule has 0 heterocycles. The van der Waals surface area contributed by atoms with E-state index in [1.54, 1.807) is 0 Å². The monoisotopic (exact) mass is 1080 g/mol. The third-order valence-corrected chi connectivity index (χ3v) is 13.7. The van der Waals surface area contributed by atoms with E-state index >= 15 is 0 Å². The smallest absolute Gasteiger partial charge is 0.306 e. The average Bonchev–Trinajstić information content (AvgIpc) is 3.44. The number of allylic oxidation sites excluding steroid dienone is 20. The molecule has 0 spiro atoms. The zero-order valence-electron chi connectivity index (χ0n) is 50.9. The van der Waals surface area contributed by atoms with Crippen LogP contribution in [0.1, 0.15) is 297 Å². The van der Waals surface area contributed by atoms with Gasteiger partial charge >= 0.3 is 17.9 Å². The molecular formula is C72H120O6. The standard InChI is InChI=1S/C72H120O6/c1-4-7-10-13-16-19-21-23-25-27-28-29-30-31-32-33-34-35-36-37-38-39-40-41-42-43-44-46-47-49-51-53-56-59-62-65-71(74)77-68-69(67-76-70(73)64-61-58-55-18-15-12-9-6-3)78-72(75)66-63-60-57-54-52-50-48-45-26-24-22-20-17-14-11-8-5-2/h7-8,10-11,16-17,19-20,23-26,28-29,31-32,34-35,48,50,69H,4-6,9,12-15,18,21-22,27,30,33,36-47,49,51-68H2,1-3H3/b10-7-,11-8-,19-16-,20-17-,25-23-,26-24-,29-28-,32-31-,35-34-,50-48-. The second-order valence-electron chi connectivity index (χ2n) is 21.3. The zero-order valence-corrected chi connectivity index (χ0v) is 50.9. The van der Waals surface area contributed by atoms with Crippen LogP contribution in [0.2, 0.25) is 0 Å². The van der Waals surface area contributed by atoms with Gasteiger partial charge in [-0.3, -0.25) is 14.4 Å². The van der Waals surface area contributed by atoms with E-state index < -0.39 is 6.10 Å². The molecule has 1 atom stereocenters. The molecule has 0 bridgehead atoms. The highest BCUT2D eigenvalue weighted by Gasteiger charge is 2.19. The van der Waals surface area contributed by atoms with Crippen molar-refractivity contribution in [2.75, 3.05) is 13.2 Å². The van der Waals surface area contributed by atoms with Gasteiger partial charge in [0.2, 0.25) is 0 Å². The van der Waals surface area contributed by atoms with E-state index in [0.717, 1.165) is 135 Å². The molecule has 0 aliphatic heterocycles. The van der Waals surface area contributed by atoms with Gasteiger partial charge < -0.3 is 14.2 Å². The van der Waals surface area contributed by atoms with Gasteiger partial charge in [0, 0.05) is 19.3 Å². The second kappa shape index (κ2) is 65.3. The summed E-state index contributed by atoms with van der Waals surface area (Å²) in [6, 6.07) is 0. The van der Waals surface area contributed by atoms with Crippen molar-refractivity contribution < 1.29 is 28.6 Å². The first-order chi connectivity index (χ1) is 38.5. The molecule has 0 rings (SSSR count). The van der Waals surface area contributed by atoms with Gasteiger partial charge in [-0.25, -0.2) is 0 Å². The molecule has 0 aromatic carbocycles. The Morgan fingerprint density at radius 2 is 0.500 bits per heavy atom. The molecule has 1 unspecified atom stereocenters. The molecule has 0 radical (unpaired) electrons. The Morgan fingerprint density at radius 1 is 0.269 bits per heavy atom. The van der Waals surface area contributed by atoms with Gasteiger partial charge in [-0.2, -0.15) is 0 Å². The highest BCUT2D eigenvalue weighted by atomic mass is 16.6. The van der Waals surface area contributed by atoms with Crippen LogP contribution in [0.3, 0.4) is 0 Å². The van der Waals surface area contributed by atoms with Crippen LogP contribution < -0.4 is 0 Å². The first kappa shape index (κ1) is 73.8. The minimum atomic E-state index is -0.789. The molecule has 78 heavy (non-hydrogen) atoms. The molecule has 0 saturated carbocycles. The Morgan fingerprint density at radius 3 is 0.782 bits per heavy atom. The van der Waals surface area contributed by atoms with Crippen LogP contribution in [0.4, 0.5) is 0 Å². The van der Waals surface area contributed by atoms with Crippen molar-refractivity contribution in [1.82, 2.24) is 0 Å². The largest absolute Gasteiger partial charge is 0.462 e. The van der Waals surface area contributed by atoms with E-state index in [9.17, 15) is 14.4 Å². The second-order valence-corrected chi connectivity index (χ2v) is 21.3. The molecule has 0 aromatic heterocycles. The summed E-state index contributed by atoms with van der Waals surface area (Å²) in [5.41, 5.74) is 0. The number of hydrogen-bond donors (Lipinski definition) is 0. The van der Waals surface area contributed by atoms with Crippen molar-refractivity contribution in [2.45, 2.75) is 303 Å². The lowest BCUT2D eigenvalue weighted by Crippen LogP contribution is -2.30. The number of unbranched alkanes of at least 4 members (excludes halogenated alkanes) is 27. The van der Waals surface area contributed by atoms with E-state index in [4.69, 9.17) is 14.2 Å². The molecule has 6 heteroatoms. The fourth-order valence-electron chi connectivity index (χ4n) is 8.91. The molecule has 6 nitrogen and oxygen atoms in total. The lowest BCUT2D eigenvalue weighted by atomic mass is 10.0. The molecule has 0 amide bonds. The van der Waals surface area contributed by atoms with Gasteiger partial charge in [0.25, 0.3) is 0 Å². The summed E-state index contributed by atoms with van der Waals surface area (Å²) in [5.74, 6) is -0.909. The fourth-order valence-corrected chi connectivity index (χ4v) is 8.91. The van der Waals surface area contributed by atoms with E-state index in [-0.39, 0.29) is 31.1 Å². The first-order valence-electron chi connectivity index (χ1n) is 32.5. The summed E-state index contributed by atoms with van der Waals surface area (Å²) < 4.78 is 16.8. The number of ether oxygens (including phenoxy) is 3. The van der Waals surface area contributed by atoms with Crippen LogP contribution in [0.5, 0.6) is 0 Å². The molecule has 444 valence electrons. The summed E-state index contributed by atoms with van der Waals surface area (Å²) in [6.07, 6.45) is 90.9. The topological polar surface area (TPSA) is 78.9 Å². The van der Waals surface area contributed by atoms with Crippen molar-refractivity contribution >= 4 is 17.9 Å². The average molecular weight is 1080 g/mol. The summed E-state index contributed by atoms with van der Waals surface area (Å²) in [4.78, 5) is 38.1. The van der Waals surface area contributed by atoms with Crippen molar-refractivity contribution in [3.8, 4) is 0 Å². The minimum absolute atomic E-state index is 0.0863. The normalized spacial score (nSPS) is 12.9. The summed E-state index contributed by atoms with van der Waals surface area (Å²) in [7, 11) is 0. The quantitative estimate of drug-likeness (QED) is 0.0261. The summed E-state index contributed by atoms with van der Waals surface area (Å²) >= 11 is 0. The van der Waals surface area contributed by atoms with Gasteiger partial charge in [-0.05, 0) is 109 Å². The molecule has 0 N–H and O–H groups in total. The third-order valence-electron chi connectivity index (χ3n) is 13.7. The number of carbonyl (C=O) groups excluding carboxylic acids is 3. The van der Waals surface area contributed by atoms with Crippen LogP contribution in [0.15, 0.2) is 122 Å². The SMILES string of the molecule is CC/C=C\C/C=C\C/C=C\C/C=C\C/C=C\C/C=C\CCCCCCCCCCCCCCCCCCC(=O)OCC(COC(=O)CCCCCCCCCC)OC(=O)CCCCCC/C=C\C/C=C\C/C=C\C/C=C\CC. The van der Waals surface area contributed by atoms with Crippen molar-refractivity contribution in [3.63, 3.8) is 0 Å². The van der Waals surface area contributed by atoms with Crippen LogP contribution in [0.25, 0.3) is 0 Å². The lowest BCUT2D eigenvalue weighted by Gasteiger charge is -2.18. The number of rotatable bonds is 58. The molecule has 0 aliphatic carbocycles. The highest BCUT2D eigenvalue weighted by Crippen LogP contribution is 2.16. The van der Waals surface area contributed by atoms with E-state index in [1.807, 2.05) is 0 Å². The zero-order chi connectivity index (χ0) is 56.4. The Bertz CT molecular complexity index is 1620. The Kier molecular flexibility index (Phi) is 61.8. The van der Waals surface area contributed by atoms with Crippen LogP contribution in [-0.2, 0) is 28.6 Å². The van der Waals surface area contributed by atoms with Gasteiger partial charge in [-0.1, -0.05) is 290 Å². The third kappa shape index (κ3) is 62.7. The van der Waals surface area contributed by atoms with Crippen LogP contribution >= 0.6 is 0 Å². The molecular weight excluding hydrogens is 961 g/mol. The maximum atomic E-state index is 12.8. The fraction of sp³-hybridized carbons (Fsp3) is 0.681. The van der Waals surface area contributed by atoms with E-state index in [2.05, 4.69) is 142 Å². The van der Waals surface area contributed by atoms with Gasteiger partial charge in [0.1, 0.15) is 13.2 Å². The minimum Gasteiger partial charge on any atom is -0.462 e. The van der Waals surface area contributed by atoms with Crippen LogP contribution in [-0.4, -0.2) is 37.2 Å². The number of carbonyl (C=O) groups is 3. The maximum absolute atomic E-state index is 12.8. The van der Waals surface area contributed by atoms with Crippen molar-refractivity contribution in [2.24, 2.45) is 0 Å². The highest BCUT2D eigenvalue weighted by molar-refractivity contribution is 5.71. The Labute approximate surface area is 482 Å². The van der Waals surface area contributed by atoms with Crippen molar-refractivity contribution in [3.05, 3.63) is 122 Å². The molecule has 0 aliphatic rings. The van der Waals surface area contributed by atoms with E-state index in [0.29, 0.717) is 19.3 Å².